The van der Waals surface area contributed by atoms with Gasteiger partial charge in [-0.3, -0.25) is 4.79 Å². The number of benzene rings is 1. The molecule has 3 aromatic rings. The van der Waals surface area contributed by atoms with Gasteiger partial charge in [-0.05, 0) is 61.3 Å². The van der Waals surface area contributed by atoms with E-state index in [4.69, 9.17) is 4.98 Å². The topological polar surface area (TPSA) is 62.2 Å². The molecule has 4 nitrogen and oxygen atoms in total. The number of thiophene rings is 1. The zero-order valence-electron chi connectivity index (χ0n) is 17.4. The van der Waals surface area contributed by atoms with Crippen LogP contribution in [0.2, 0.25) is 0 Å². The van der Waals surface area contributed by atoms with Crippen LogP contribution in [0.15, 0.2) is 42.5 Å². The highest BCUT2D eigenvalue weighted by molar-refractivity contribution is 7.19. The van der Waals surface area contributed by atoms with E-state index >= 15 is 0 Å². The predicted molar refractivity (Wildman–Crippen MR) is 125 cm³/mol. The third-order valence-electron chi connectivity index (χ3n) is 5.96. The normalized spacial score (nSPS) is 14.3. The summed E-state index contributed by atoms with van der Waals surface area (Å²) in [6, 6.07) is 14.6. The Bertz CT molecular complexity index is 965. The van der Waals surface area contributed by atoms with Crippen LogP contribution in [0.3, 0.4) is 0 Å². The summed E-state index contributed by atoms with van der Waals surface area (Å²) in [4.78, 5) is 17.5. The number of pyridine rings is 1. The van der Waals surface area contributed by atoms with Gasteiger partial charge in [0.15, 0.2) is 0 Å². The predicted octanol–water partition coefficient (Wildman–Crippen LogP) is 6.41. The first-order valence-corrected chi connectivity index (χ1v) is 12.0. The van der Waals surface area contributed by atoms with E-state index in [-0.39, 0.29) is 5.92 Å². The lowest BCUT2D eigenvalue weighted by molar-refractivity contribution is -0.138. The van der Waals surface area contributed by atoms with Crippen molar-refractivity contribution in [2.75, 3.05) is 11.9 Å². The van der Waals surface area contributed by atoms with Crippen molar-refractivity contribution >= 4 is 33.2 Å². The fraction of sp³-hybridized carbons (Fsp3) is 0.440. The largest absolute Gasteiger partial charge is 0.481 e. The van der Waals surface area contributed by atoms with Crippen molar-refractivity contribution in [1.82, 2.24) is 4.98 Å². The van der Waals surface area contributed by atoms with Crippen LogP contribution in [-0.4, -0.2) is 22.6 Å². The monoisotopic (exact) mass is 422 g/mol. The summed E-state index contributed by atoms with van der Waals surface area (Å²) in [6.07, 6.45) is 9.60. The number of aromatic nitrogens is 1. The molecule has 0 fully saturated rings. The van der Waals surface area contributed by atoms with Crippen molar-refractivity contribution in [3.05, 3.63) is 58.6 Å². The molecule has 2 aromatic heterocycles. The summed E-state index contributed by atoms with van der Waals surface area (Å²) >= 11 is 1.62. The highest BCUT2D eigenvalue weighted by Gasteiger charge is 2.21. The van der Waals surface area contributed by atoms with E-state index in [0.717, 1.165) is 67.6 Å². The van der Waals surface area contributed by atoms with Gasteiger partial charge in [0, 0.05) is 21.8 Å². The zero-order valence-corrected chi connectivity index (χ0v) is 18.2. The summed E-state index contributed by atoms with van der Waals surface area (Å²) < 4.78 is 1.17. The van der Waals surface area contributed by atoms with Gasteiger partial charge in [0.05, 0.1) is 5.92 Å². The molecule has 1 unspecified atom stereocenters. The molecule has 1 aromatic carbocycles. The summed E-state index contributed by atoms with van der Waals surface area (Å²) in [6.45, 7) is 1.03. The molecule has 2 N–H and O–H groups in total. The molecule has 0 radical (unpaired) electrons. The molecule has 0 amide bonds. The van der Waals surface area contributed by atoms with E-state index in [9.17, 15) is 9.90 Å². The molecule has 158 valence electrons. The second-order valence-corrected chi connectivity index (χ2v) is 9.34. The molecule has 3 heterocycles. The van der Waals surface area contributed by atoms with Crippen molar-refractivity contribution < 1.29 is 9.90 Å². The average Bonchev–Trinajstić information content (AvgIpc) is 3.19. The summed E-state index contributed by atoms with van der Waals surface area (Å²) in [7, 11) is 0. The molecular weight excluding hydrogens is 392 g/mol. The van der Waals surface area contributed by atoms with Gasteiger partial charge in [0.25, 0.3) is 0 Å². The van der Waals surface area contributed by atoms with Gasteiger partial charge < -0.3 is 10.4 Å². The Morgan fingerprint density at radius 2 is 1.93 bits per heavy atom. The highest BCUT2D eigenvalue weighted by atomic mass is 32.1. The third-order valence-corrected chi connectivity index (χ3v) is 7.19. The number of carboxylic acids is 1. The number of unbranched alkanes of at least 4 members (excludes halogenated alkanes) is 4. The molecule has 1 aliphatic rings. The molecule has 5 heteroatoms. The first-order valence-electron chi connectivity index (χ1n) is 11.1. The van der Waals surface area contributed by atoms with Crippen molar-refractivity contribution in [1.29, 1.82) is 0 Å². The van der Waals surface area contributed by atoms with Gasteiger partial charge in [0.2, 0.25) is 0 Å². The fourth-order valence-corrected chi connectivity index (χ4v) is 5.45. The highest BCUT2D eigenvalue weighted by Crippen LogP contribution is 2.33. The lowest BCUT2D eigenvalue weighted by Crippen LogP contribution is -2.13. The van der Waals surface area contributed by atoms with E-state index < -0.39 is 5.97 Å². The van der Waals surface area contributed by atoms with Crippen LogP contribution in [-0.2, 0) is 17.6 Å². The molecule has 0 aliphatic carbocycles. The standard InChI is InChI=1S/C25H30N2O2S/c28-25(29)21(23-17-19-9-6-7-13-22(19)30-23)12-5-3-1-2-4-11-20-15-14-18-10-8-16-26-24(18)27-20/h6-7,9,13-15,17,21H,1-5,8,10-12,16H2,(H,26,27)(H,28,29). The van der Waals surface area contributed by atoms with E-state index in [1.165, 1.54) is 28.8 Å². The maximum Gasteiger partial charge on any atom is 0.311 e. The number of hydrogen-bond donors (Lipinski definition) is 2. The molecule has 1 atom stereocenters. The van der Waals surface area contributed by atoms with Gasteiger partial charge in [-0.15, -0.1) is 11.3 Å². The lowest BCUT2D eigenvalue weighted by atomic mass is 9.98. The van der Waals surface area contributed by atoms with Gasteiger partial charge in [0.1, 0.15) is 5.82 Å². The number of anilines is 1. The fourth-order valence-electron chi connectivity index (χ4n) is 4.25. The van der Waals surface area contributed by atoms with E-state index in [2.05, 4.69) is 35.6 Å². The number of hydrogen-bond acceptors (Lipinski definition) is 4. The van der Waals surface area contributed by atoms with Gasteiger partial charge in [-0.2, -0.15) is 0 Å². The van der Waals surface area contributed by atoms with E-state index in [1.54, 1.807) is 11.3 Å². The SMILES string of the molecule is O=C(O)C(CCCCCCCc1ccc2c(n1)NCCC2)c1cc2ccccc2s1. The van der Waals surface area contributed by atoms with Crippen molar-refractivity contribution in [3.63, 3.8) is 0 Å². The summed E-state index contributed by atoms with van der Waals surface area (Å²) in [5.74, 6) is 0.00273. The Hall–Kier alpha value is -2.40. The molecule has 30 heavy (non-hydrogen) atoms. The molecule has 0 saturated carbocycles. The maximum atomic E-state index is 11.8. The van der Waals surface area contributed by atoms with Gasteiger partial charge in [-0.1, -0.05) is 49.9 Å². The number of fused-ring (bicyclic) bond motifs is 2. The lowest BCUT2D eigenvalue weighted by Gasteiger charge is -2.17. The number of carboxylic acid groups (broad SMARTS) is 1. The number of aliphatic carboxylic acids is 1. The second-order valence-electron chi connectivity index (χ2n) is 8.22. The number of rotatable bonds is 10. The van der Waals surface area contributed by atoms with E-state index in [1.807, 2.05) is 12.1 Å². The van der Waals surface area contributed by atoms with Crippen molar-refractivity contribution in [2.45, 2.75) is 63.7 Å². The summed E-state index contributed by atoms with van der Waals surface area (Å²) in [5.41, 5.74) is 2.52. The van der Waals surface area contributed by atoms with Crippen LogP contribution in [0.1, 0.15) is 67.0 Å². The number of nitrogens with zero attached hydrogens (tertiary/aromatic N) is 1. The number of aryl methyl sites for hydroxylation is 2. The molecule has 0 bridgehead atoms. The van der Waals surface area contributed by atoms with Crippen molar-refractivity contribution in [3.8, 4) is 0 Å². The molecule has 0 spiro atoms. The first-order chi connectivity index (χ1) is 14.7. The Balaban J connectivity index is 1.18. The van der Waals surface area contributed by atoms with Crippen LogP contribution in [0.4, 0.5) is 5.82 Å². The third kappa shape index (κ3) is 5.20. The minimum Gasteiger partial charge on any atom is -0.481 e. The van der Waals surface area contributed by atoms with Crippen LogP contribution in [0, 0.1) is 0 Å². The van der Waals surface area contributed by atoms with Crippen molar-refractivity contribution in [2.24, 2.45) is 0 Å². The maximum absolute atomic E-state index is 11.8. The second kappa shape index (κ2) is 10.1. The summed E-state index contributed by atoms with van der Waals surface area (Å²) in [5, 5.41) is 14.2. The molecule has 4 rings (SSSR count). The molecule has 0 saturated heterocycles. The van der Waals surface area contributed by atoms with Crippen LogP contribution < -0.4 is 5.32 Å². The number of carbonyl (C=O) groups is 1. The average molecular weight is 423 g/mol. The Kier molecular flexibility index (Phi) is 7.00. The van der Waals surface area contributed by atoms with Gasteiger partial charge >= 0.3 is 5.97 Å². The Labute approximate surface area is 182 Å². The minimum atomic E-state index is -0.700. The smallest absolute Gasteiger partial charge is 0.311 e. The Morgan fingerprint density at radius 3 is 2.80 bits per heavy atom. The first kappa shape index (κ1) is 20.9. The number of nitrogens with one attached hydrogen (secondary N) is 1. The van der Waals surface area contributed by atoms with Crippen LogP contribution in [0.25, 0.3) is 10.1 Å². The van der Waals surface area contributed by atoms with Crippen LogP contribution >= 0.6 is 11.3 Å². The van der Waals surface area contributed by atoms with Gasteiger partial charge in [-0.25, -0.2) is 4.98 Å². The molecular formula is C25H30N2O2S. The zero-order chi connectivity index (χ0) is 20.8. The molecule has 1 aliphatic heterocycles. The van der Waals surface area contributed by atoms with Crippen LogP contribution in [0.5, 0.6) is 0 Å². The van der Waals surface area contributed by atoms with E-state index in [0.29, 0.717) is 0 Å². The minimum absolute atomic E-state index is 0.380. The Morgan fingerprint density at radius 1 is 1.10 bits per heavy atom. The quantitative estimate of drug-likeness (QED) is 0.371.